The van der Waals surface area contributed by atoms with Crippen molar-refractivity contribution in [2.75, 3.05) is 18.5 Å². The van der Waals surface area contributed by atoms with E-state index in [9.17, 15) is 4.79 Å². The van der Waals surface area contributed by atoms with Gasteiger partial charge in [-0.15, -0.1) is 12.4 Å². The molecule has 20 heavy (non-hydrogen) atoms. The Bertz CT molecular complexity index is 432. The van der Waals surface area contributed by atoms with Gasteiger partial charge in [-0.2, -0.15) is 0 Å². The SMILES string of the molecule is CC(C)COc1cccc(NC(=O)[C@@H]2CCCN2)c1.Cl. The van der Waals surface area contributed by atoms with Crippen molar-refractivity contribution in [3.05, 3.63) is 24.3 Å². The Morgan fingerprint density at radius 2 is 2.30 bits per heavy atom. The molecule has 1 atom stereocenters. The molecule has 5 heteroatoms. The van der Waals surface area contributed by atoms with Crippen LogP contribution < -0.4 is 15.4 Å². The third-order valence-corrected chi connectivity index (χ3v) is 3.06. The smallest absolute Gasteiger partial charge is 0.241 e. The van der Waals surface area contributed by atoms with Crippen molar-refractivity contribution in [2.45, 2.75) is 32.7 Å². The van der Waals surface area contributed by atoms with E-state index in [-0.39, 0.29) is 24.4 Å². The van der Waals surface area contributed by atoms with Crippen LogP contribution in [0.3, 0.4) is 0 Å². The van der Waals surface area contributed by atoms with Crippen LogP contribution in [0.25, 0.3) is 0 Å². The first-order chi connectivity index (χ1) is 9.15. The molecule has 1 heterocycles. The Balaban J connectivity index is 0.00000200. The number of nitrogens with one attached hydrogen (secondary N) is 2. The van der Waals surface area contributed by atoms with E-state index in [0.717, 1.165) is 30.8 Å². The van der Waals surface area contributed by atoms with Gasteiger partial charge in [-0.25, -0.2) is 0 Å². The maximum atomic E-state index is 12.0. The van der Waals surface area contributed by atoms with E-state index in [4.69, 9.17) is 4.74 Å². The van der Waals surface area contributed by atoms with Crippen LogP contribution in [0.1, 0.15) is 26.7 Å². The quantitative estimate of drug-likeness (QED) is 0.879. The van der Waals surface area contributed by atoms with Crippen LogP contribution in [0, 0.1) is 5.92 Å². The third kappa shape index (κ3) is 5.02. The molecule has 4 nitrogen and oxygen atoms in total. The summed E-state index contributed by atoms with van der Waals surface area (Å²) in [6.07, 6.45) is 1.98. The lowest BCUT2D eigenvalue weighted by molar-refractivity contribution is -0.117. The summed E-state index contributed by atoms with van der Waals surface area (Å²) in [6.45, 7) is 5.83. The molecule has 0 unspecified atom stereocenters. The maximum Gasteiger partial charge on any atom is 0.241 e. The minimum atomic E-state index is -0.0553. The van der Waals surface area contributed by atoms with Crippen molar-refractivity contribution in [1.29, 1.82) is 0 Å². The number of anilines is 1. The molecule has 2 rings (SSSR count). The highest BCUT2D eigenvalue weighted by atomic mass is 35.5. The van der Waals surface area contributed by atoms with Crippen LogP contribution in [0.15, 0.2) is 24.3 Å². The number of ether oxygens (including phenoxy) is 1. The highest BCUT2D eigenvalue weighted by Crippen LogP contribution is 2.19. The van der Waals surface area contributed by atoms with E-state index in [2.05, 4.69) is 24.5 Å². The largest absolute Gasteiger partial charge is 0.493 e. The van der Waals surface area contributed by atoms with Gasteiger partial charge in [-0.3, -0.25) is 4.79 Å². The van der Waals surface area contributed by atoms with Crippen molar-refractivity contribution in [3.8, 4) is 5.75 Å². The van der Waals surface area contributed by atoms with Crippen molar-refractivity contribution in [1.82, 2.24) is 5.32 Å². The number of halogens is 1. The van der Waals surface area contributed by atoms with Gasteiger partial charge in [0.1, 0.15) is 5.75 Å². The van der Waals surface area contributed by atoms with E-state index in [1.54, 1.807) is 0 Å². The molecule has 0 radical (unpaired) electrons. The van der Waals surface area contributed by atoms with E-state index in [1.165, 1.54) is 0 Å². The molecule has 1 fully saturated rings. The van der Waals surface area contributed by atoms with Crippen LogP contribution in [0.4, 0.5) is 5.69 Å². The molecule has 112 valence electrons. The van der Waals surface area contributed by atoms with Crippen molar-refractivity contribution in [2.24, 2.45) is 5.92 Å². The van der Waals surface area contributed by atoms with Gasteiger partial charge in [0.15, 0.2) is 0 Å². The lowest BCUT2D eigenvalue weighted by Gasteiger charge is -2.13. The fourth-order valence-electron chi connectivity index (χ4n) is 2.06. The number of benzene rings is 1. The second-order valence-electron chi connectivity index (χ2n) is 5.37. The van der Waals surface area contributed by atoms with Crippen LogP contribution in [0.2, 0.25) is 0 Å². The molecular weight excluding hydrogens is 276 g/mol. The predicted molar refractivity (Wildman–Crippen MR) is 83.7 cm³/mol. The average molecular weight is 299 g/mol. The molecule has 1 aromatic carbocycles. The number of amides is 1. The highest BCUT2D eigenvalue weighted by Gasteiger charge is 2.21. The summed E-state index contributed by atoms with van der Waals surface area (Å²) in [5.74, 6) is 1.32. The molecule has 1 aliphatic heterocycles. The summed E-state index contributed by atoms with van der Waals surface area (Å²) in [5, 5.41) is 6.12. The first-order valence-electron chi connectivity index (χ1n) is 6.92. The zero-order valence-corrected chi connectivity index (χ0v) is 12.8. The Morgan fingerprint density at radius 1 is 1.50 bits per heavy atom. The Kier molecular flexibility index (Phi) is 6.82. The zero-order chi connectivity index (χ0) is 13.7. The van der Waals surface area contributed by atoms with Gasteiger partial charge in [0.05, 0.1) is 12.6 Å². The summed E-state index contributed by atoms with van der Waals surface area (Å²) in [7, 11) is 0. The summed E-state index contributed by atoms with van der Waals surface area (Å²) in [5.41, 5.74) is 0.792. The molecule has 0 aromatic heterocycles. The lowest BCUT2D eigenvalue weighted by atomic mass is 10.2. The fraction of sp³-hybridized carbons (Fsp3) is 0.533. The lowest BCUT2D eigenvalue weighted by Crippen LogP contribution is -2.35. The highest BCUT2D eigenvalue weighted by molar-refractivity contribution is 5.95. The van der Waals surface area contributed by atoms with E-state index < -0.39 is 0 Å². The standard InChI is InChI=1S/C15H22N2O2.ClH/c1-11(2)10-19-13-6-3-5-12(9-13)17-15(18)14-7-4-8-16-14;/h3,5-6,9,11,14,16H,4,7-8,10H2,1-2H3,(H,17,18);1H/t14-;/m0./s1. The monoisotopic (exact) mass is 298 g/mol. The summed E-state index contributed by atoms with van der Waals surface area (Å²) >= 11 is 0. The maximum absolute atomic E-state index is 12.0. The first-order valence-corrected chi connectivity index (χ1v) is 6.92. The van der Waals surface area contributed by atoms with E-state index in [0.29, 0.717) is 12.5 Å². The molecule has 0 saturated carbocycles. The second kappa shape index (κ2) is 8.12. The van der Waals surface area contributed by atoms with Gasteiger partial charge < -0.3 is 15.4 Å². The van der Waals surface area contributed by atoms with Gasteiger partial charge in [0.2, 0.25) is 5.91 Å². The van der Waals surface area contributed by atoms with Crippen molar-refractivity contribution in [3.63, 3.8) is 0 Å². The molecule has 2 N–H and O–H groups in total. The third-order valence-electron chi connectivity index (χ3n) is 3.06. The molecule has 0 aliphatic carbocycles. The molecule has 1 saturated heterocycles. The Hall–Kier alpha value is -1.26. The zero-order valence-electron chi connectivity index (χ0n) is 12.0. The number of rotatable bonds is 5. The topological polar surface area (TPSA) is 50.4 Å². The molecule has 1 aromatic rings. The van der Waals surface area contributed by atoms with Crippen LogP contribution >= 0.6 is 12.4 Å². The van der Waals surface area contributed by atoms with Gasteiger partial charge in [0.25, 0.3) is 0 Å². The number of carbonyl (C=O) groups excluding carboxylic acids is 1. The minimum Gasteiger partial charge on any atom is -0.493 e. The van der Waals surface area contributed by atoms with Crippen LogP contribution in [-0.2, 0) is 4.79 Å². The molecule has 1 amide bonds. The molecule has 0 spiro atoms. The second-order valence-corrected chi connectivity index (χ2v) is 5.37. The van der Waals surface area contributed by atoms with Crippen LogP contribution in [-0.4, -0.2) is 25.1 Å². The molecular formula is C15H23ClN2O2. The normalized spacial score (nSPS) is 17.6. The van der Waals surface area contributed by atoms with Gasteiger partial charge >= 0.3 is 0 Å². The molecule has 0 bridgehead atoms. The summed E-state index contributed by atoms with van der Waals surface area (Å²) in [6, 6.07) is 7.50. The van der Waals surface area contributed by atoms with Gasteiger partial charge in [0, 0.05) is 11.8 Å². The minimum absolute atomic E-state index is 0. The van der Waals surface area contributed by atoms with E-state index >= 15 is 0 Å². The first kappa shape index (κ1) is 16.8. The Labute approximate surface area is 126 Å². The fourth-order valence-corrected chi connectivity index (χ4v) is 2.06. The van der Waals surface area contributed by atoms with E-state index in [1.807, 2.05) is 24.3 Å². The van der Waals surface area contributed by atoms with Crippen LogP contribution in [0.5, 0.6) is 5.75 Å². The molecule has 1 aliphatic rings. The van der Waals surface area contributed by atoms with Gasteiger partial charge in [-0.05, 0) is 37.4 Å². The summed E-state index contributed by atoms with van der Waals surface area (Å²) < 4.78 is 5.65. The summed E-state index contributed by atoms with van der Waals surface area (Å²) in [4.78, 5) is 12.0. The number of hydrogen-bond donors (Lipinski definition) is 2. The predicted octanol–water partition coefficient (Wildman–Crippen LogP) is 2.83. The van der Waals surface area contributed by atoms with Crippen molar-refractivity contribution >= 4 is 24.0 Å². The van der Waals surface area contributed by atoms with Gasteiger partial charge in [-0.1, -0.05) is 19.9 Å². The number of hydrogen-bond acceptors (Lipinski definition) is 3. The Morgan fingerprint density at radius 3 is 2.95 bits per heavy atom. The number of carbonyl (C=O) groups is 1. The van der Waals surface area contributed by atoms with Crippen molar-refractivity contribution < 1.29 is 9.53 Å². The average Bonchev–Trinajstić information content (AvgIpc) is 2.91.